The number of hydrogen-bond donors (Lipinski definition) is 0. The number of benzene rings is 1. The first-order chi connectivity index (χ1) is 7.83. The molecule has 0 aliphatic carbocycles. The van der Waals surface area contributed by atoms with Gasteiger partial charge in [-0.05, 0) is 18.6 Å². The molecule has 0 bridgehead atoms. The Morgan fingerprint density at radius 1 is 1.44 bits per heavy atom. The summed E-state index contributed by atoms with van der Waals surface area (Å²) in [6, 6.07) is 8.05. The van der Waals surface area contributed by atoms with Crippen LogP contribution in [0.2, 0.25) is 0 Å². The molecule has 2 rings (SSSR count). The van der Waals surface area contributed by atoms with Gasteiger partial charge in [0.1, 0.15) is 0 Å². The number of carbonyl (C=O) groups excluding carboxylic acids is 1. The predicted octanol–water partition coefficient (Wildman–Crippen LogP) is 2.16. The van der Waals surface area contributed by atoms with Gasteiger partial charge in [-0.25, -0.2) is 0 Å². The number of thioether (sulfide) groups is 1. The van der Waals surface area contributed by atoms with Crippen molar-refractivity contribution in [2.45, 2.75) is 11.3 Å². The Morgan fingerprint density at radius 2 is 2.25 bits per heavy atom. The molecule has 0 aromatic heterocycles. The van der Waals surface area contributed by atoms with Crippen LogP contribution < -0.4 is 4.90 Å². The Kier molecular flexibility index (Phi) is 3.85. The molecule has 1 amide bonds. The molecule has 1 aliphatic rings. The van der Waals surface area contributed by atoms with Crippen LogP contribution in [0.4, 0.5) is 5.69 Å². The molecule has 16 heavy (non-hydrogen) atoms. The predicted molar refractivity (Wildman–Crippen MR) is 66.0 cm³/mol. The Labute approximate surface area is 99.8 Å². The fraction of sp³-hybridized carbons (Fsp3) is 0.417. The van der Waals surface area contributed by atoms with E-state index in [2.05, 4.69) is 6.07 Å². The molecular weight excluding hydrogens is 222 g/mol. The maximum atomic E-state index is 11.8. The highest BCUT2D eigenvalue weighted by atomic mass is 32.2. The SMILES string of the molecule is COCCCN1C(=O)CSc2ccccc21. The summed E-state index contributed by atoms with van der Waals surface area (Å²) >= 11 is 1.62. The smallest absolute Gasteiger partial charge is 0.237 e. The number of anilines is 1. The van der Waals surface area contributed by atoms with Crippen molar-refractivity contribution in [1.82, 2.24) is 0 Å². The van der Waals surface area contributed by atoms with E-state index < -0.39 is 0 Å². The monoisotopic (exact) mass is 237 g/mol. The second-order valence-electron chi connectivity index (χ2n) is 3.65. The third-order valence-electron chi connectivity index (χ3n) is 2.54. The molecule has 1 aliphatic heterocycles. The molecule has 0 atom stereocenters. The van der Waals surface area contributed by atoms with Crippen molar-refractivity contribution in [1.29, 1.82) is 0 Å². The largest absolute Gasteiger partial charge is 0.385 e. The third kappa shape index (κ3) is 2.39. The van der Waals surface area contributed by atoms with E-state index in [4.69, 9.17) is 4.74 Å². The first kappa shape index (κ1) is 11.5. The molecule has 0 fully saturated rings. The standard InChI is InChI=1S/C12H15NO2S/c1-15-8-4-7-13-10-5-2-3-6-11(10)16-9-12(13)14/h2-3,5-6H,4,7-9H2,1H3. The summed E-state index contributed by atoms with van der Waals surface area (Å²) in [4.78, 5) is 14.9. The van der Waals surface area contributed by atoms with Crippen LogP contribution in [0.25, 0.3) is 0 Å². The summed E-state index contributed by atoms with van der Waals surface area (Å²) in [5.41, 5.74) is 1.04. The zero-order valence-corrected chi connectivity index (χ0v) is 10.1. The van der Waals surface area contributed by atoms with Gasteiger partial charge in [0.15, 0.2) is 0 Å². The minimum Gasteiger partial charge on any atom is -0.385 e. The number of nitrogens with zero attached hydrogens (tertiary/aromatic N) is 1. The Hall–Kier alpha value is -1.00. The highest BCUT2D eigenvalue weighted by Gasteiger charge is 2.23. The van der Waals surface area contributed by atoms with Gasteiger partial charge >= 0.3 is 0 Å². The van der Waals surface area contributed by atoms with Crippen LogP contribution >= 0.6 is 11.8 Å². The van der Waals surface area contributed by atoms with E-state index in [0.717, 1.165) is 18.7 Å². The van der Waals surface area contributed by atoms with E-state index in [1.54, 1.807) is 18.9 Å². The number of hydrogen-bond acceptors (Lipinski definition) is 3. The van der Waals surface area contributed by atoms with Gasteiger partial charge in [-0.3, -0.25) is 4.79 Å². The topological polar surface area (TPSA) is 29.5 Å². The lowest BCUT2D eigenvalue weighted by atomic mass is 10.2. The summed E-state index contributed by atoms with van der Waals surface area (Å²) < 4.78 is 5.01. The zero-order chi connectivity index (χ0) is 11.4. The molecule has 0 radical (unpaired) electrons. The van der Waals surface area contributed by atoms with Crippen LogP contribution in [0.1, 0.15) is 6.42 Å². The quantitative estimate of drug-likeness (QED) is 0.752. The van der Waals surface area contributed by atoms with Crippen LogP contribution in [0, 0.1) is 0 Å². The summed E-state index contributed by atoms with van der Waals surface area (Å²) in [5, 5.41) is 0. The van der Waals surface area contributed by atoms with E-state index in [9.17, 15) is 4.79 Å². The molecule has 4 heteroatoms. The summed E-state index contributed by atoms with van der Waals surface area (Å²) in [6.07, 6.45) is 0.876. The average molecular weight is 237 g/mol. The van der Waals surface area contributed by atoms with E-state index in [1.165, 1.54) is 4.90 Å². The van der Waals surface area contributed by atoms with Crippen LogP contribution in [0.5, 0.6) is 0 Å². The Bertz CT molecular complexity index is 381. The molecule has 0 N–H and O–H groups in total. The third-order valence-corrected chi connectivity index (χ3v) is 3.59. The highest BCUT2D eigenvalue weighted by molar-refractivity contribution is 8.00. The number of carbonyl (C=O) groups is 1. The van der Waals surface area contributed by atoms with Gasteiger partial charge in [0.2, 0.25) is 5.91 Å². The van der Waals surface area contributed by atoms with E-state index >= 15 is 0 Å². The molecule has 0 saturated carbocycles. The van der Waals surface area contributed by atoms with E-state index in [1.807, 2.05) is 23.1 Å². The van der Waals surface area contributed by atoms with Crippen molar-refractivity contribution in [3.63, 3.8) is 0 Å². The zero-order valence-electron chi connectivity index (χ0n) is 9.31. The van der Waals surface area contributed by atoms with Crippen molar-refractivity contribution >= 4 is 23.4 Å². The molecular formula is C12H15NO2S. The second kappa shape index (κ2) is 5.37. The van der Waals surface area contributed by atoms with Crippen LogP contribution in [-0.2, 0) is 9.53 Å². The van der Waals surface area contributed by atoms with Gasteiger partial charge in [-0.2, -0.15) is 0 Å². The average Bonchev–Trinajstić information content (AvgIpc) is 2.32. The maximum Gasteiger partial charge on any atom is 0.237 e. The molecule has 0 unspecified atom stereocenters. The summed E-state index contributed by atoms with van der Waals surface area (Å²) in [5.74, 6) is 0.740. The van der Waals surface area contributed by atoms with Crippen molar-refractivity contribution in [3.8, 4) is 0 Å². The van der Waals surface area contributed by atoms with Crippen LogP contribution in [0.3, 0.4) is 0 Å². The van der Waals surface area contributed by atoms with Gasteiger partial charge in [-0.1, -0.05) is 12.1 Å². The summed E-state index contributed by atoms with van der Waals surface area (Å²) in [6.45, 7) is 1.43. The van der Waals surface area contributed by atoms with Crippen molar-refractivity contribution in [2.75, 3.05) is 30.9 Å². The number of amides is 1. The Balaban J connectivity index is 2.13. The molecule has 0 saturated heterocycles. The van der Waals surface area contributed by atoms with Gasteiger partial charge in [0.25, 0.3) is 0 Å². The molecule has 1 heterocycles. The minimum atomic E-state index is 0.194. The Morgan fingerprint density at radius 3 is 3.06 bits per heavy atom. The maximum absolute atomic E-state index is 11.8. The lowest BCUT2D eigenvalue weighted by Gasteiger charge is -2.28. The second-order valence-corrected chi connectivity index (χ2v) is 4.67. The molecule has 0 spiro atoms. The van der Waals surface area contributed by atoms with Gasteiger partial charge < -0.3 is 9.64 Å². The molecule has 3 nitrogen and oxygen atoms in total. The van der Waals surface area contributed by atoms with Crippen LogP contribution in [0.15, 0.2) is 29.2 Å². The van der Waals surface area contributed by atoms with Crippen molar-refractivity contribution in [2.24, 2.45) is 0 Å². The number of ether oxygens (including phenoxy) is 1. The fourth-order valence-electron chi connectivity index (χ4n) is 1.77. The van der Waals surface area contributed by atoms with Gasteiger partial charge in [-0.15, -0.1) is 11.8 Å². The lowest BCUT2D eigenvalue weighted by molar-refractivity contribution is -0.116. The number of para-hydroxylation sites is 1. The van der Waals surface area contributed by atoms with Crippen molar-refractivity contribution < 1.29 is 9.53 Å². The normalized spacial score (nSPS) is 15.1. The molecule has 86 valence electrons. The number of fused-ring (bicyclic) bond motifs is 1. The first-order valence-electron chi connectivity index (χ1n) is 5.34. The first-order valence-corrected chi connectivity index (χ1v) is 6.32. The lowest BCUT2D eigenvalue weighted by Crippen LogP contribution is -2.36. The highest BCUT2D eigenvalue weighted by Crippen LogP contribution is 2.34. The fourth-order valence-corrected chi connectivity index (χ4v) is 2.70. The number of methoxy groups -OCH3 is 1. The van der Waals surface area contributed by atoms with Gasteiger partial charge in [0, 0.05) is 25.2 Å². The van der Waals surface area contributed by atoms with E-state index in [0.29, 0.717) is 12.4 Å². The summed E-state index contributed by atoms with van der Waals surface area (Å²) in [7, 11) is 1.68. The minimum absolute atomic E-state index is 0.194. The molecule has 1 aromatic carbocycles. The van der Waals surface area contributed by atoms with Gasteiger partial charge in [0.05, 0.1) is 11.4 Å². The number of rotatable bonds is 4. The van der Waals surface area contributed by atoms with Crippen LogP contribution in [-0.4, -0.2) is 31.9 Å². The molecule has 1 aromatic rings. The van der Waals surface area contributed by atoms with E-state index in [-0.39, 0.29) is 5.91 Å². The van der Waals surface area contributed by atoms with Crippen molar-refractivity contribution in [3.05, 3.63) is 24.3 Å².